The molecule has 1 aromatic heterocycles. The molecule has 3 rings (SSSR count). The van der Waals surface area contributed by atoms with Crippen molar-refractivity contribution in [3.8, 4) is 0 Å². The van der Waals surface area contributed by atoms with Crippen LogP contribution in [0.15, 0.2) is 48.7 Å². The Balaban J connectivity index is 0.00000182. The average molecular weight is 411 g/mol. The number of anilines is 1. The molecule has 0 radical (unpaired) electrons. The molecular weight excluding hydrogens is 383 g/mol. The van der Waals surface area contributed by atoms with E-state index in [-0.39, 0.29) is 30.7 Å². The van der Waals surface area contributed by atoms with E-state index in [1.54, 1.807) is 0 Å². The highest BCUT2D eigenvalue weighted by Crippen LogP contribution is 2.18. The van der Waals surface area contributed by atoms with Gasteiger partial charge < -0.3 is 16.0 Å². The van der Waals surface area contributed by atoms with Crippen LogP contribution in [-0.4, -0.2) is 30.0 Å². The lowest BCUT2D eigenvalue weighted by Crippen LogP contribution is -2.41. The zero-order valence-electron chi connectivity index (χ0n) is 15.3. The van der Waals surface area contributed by atoms with Crippen LogP contribution < -0.4 is 16.0 Å². The molecule has 1 amide bonds. The number of pyridine rings is 1. The lowest BCUT2D eigenvalue weighted by atomic mass is 10.1. The molecule has 148 valence electrons. The normalized spacial score (nSPS) is 14.5. The Morgan fingerprint density at radius 1 is 1.07 bits per heavy atom. The van der Waals surface area contributed by atoms with E-state index in [1.807, 2.05) is 42.6 Å². The highest BCUT2D eigenvalue weighted by molar-refractivity contribution is 5.85. The summed E-state index contributed by atoms with van der Waals surface area (Å²) in [6.45, 7) is 2.60. The first-order valence-electron chi connectivity index (χ1n) is 8.99. The van der Waals surface area contributed by atoms with Crippen molar-refractivity contribution >= 4 is 36.5 Å². The first-order chi connectivity index (χ1) is 12.2. The summed E-state index contributed by atoms with van der Waals surface area (Å²) in [6, 6.07) is 13.3. The van der Waals surface area contributed by atoms with Crippen molar-refractivity contribution in [2.24, 2.45) is 5.73 Å². The molecular formula is C20H28Cl2N4O. The molecule has 7 heteroatoms. The fraction of sp³-hybridized carbons (Fsp3) is 0.400. The second-order valence-electron chi connectivity index (χ2n) is 6.58. The summed E-state index contributed by atoms with van der Waals surface area (Å²) in [5, 5.41) is 2.94. The van der Waals surface area contributed by atoms with Crippen LogP contribution in [-0.2, 0) is 17.8 Å². The Labute approximate surface area is 173 Å². The van der Waals surface area contributed by atoms with Crippen molar-refractivity contribution in [2.45, 2.75) is 38.3 Å². The molecule has 0 aliphatic carbocycles. The summed E-state index contributed by atoms with van der Waals surface area (Å²) < 4.78 is 0. The van der Waals surface area contributed by atoms with Crippen molar-refractivity contribution < 1.29 is 4.79 Å². The molecule has 0 spiro atoms. The molecule has 1 fully saturated rings. The molecule has 0 saturated carbocycles. The molecule has 1 unspecified atom stereocenters. The third-order valence-corrected chi connectivity index (χ3v) is 4.59. The molecule has 1 aromatic carbocycles. The van der Waals surface area contributed by atoms with Gasteiger partial charge in [-0.1, -0.05) is 30.3 Å². The van der Waals surface area contributed by atoms with Crippen molar-refractivity contribution in [2.75, 3.05) is 18.0 Å². The van der Waals surface area contributed by atoms with E-state index in [0.717, 1.165) is 30.0 Å². The summed E-state index contributed by atoms with van der Waals surface area (Å²) in [5.41, 5.74) is 8.15. The SMILES string of the molecule is Cl.Cl.NC(Cc1ccccc1)C(=O)NCc1ccnc(N2CCCCC2)c1. The van der Waals surface area contributed by atoms with Crippen molar-refractivity contribution in [3.63, 3.8) is 0 Å². The van der Waals surface area contributed by atoms with E-state index in [0.29, 0.717) is 13.0 Å². The summed E-state index contributed by atoms with van der Waals surface area (Å²) in [5.74, 6) is 0.875. The minimum atomic E-state index is -0.536. The number of benzene rings is 1. The van der Waals surface area contributed by atoms with E-state index in [1.165, 1.54) is 19.3 Å². The molecule has 3 N–H and O–H groups in total. The van der Waals surface area contributed by atoms with E-state index in [4.69, 9.17) is 5.73 Å². The number of aromatic nitrogens is 1. The van der Waals surface area contributed by atoms with Gasteiger partial charge in [-0.25, -0.2) is 4.98 Å². The minimum Gasteiger partial charge on any atom is -0.357 e. The van der Waals surface area contributed by atoms with Gasteiger partial charge in [0.2, 0.25) is 5.91 Å². The van der Waals surface area contributed by atoms with E-state index < -0.39 is 6.04 Å². The van der Waals surface area contributed by atoms with Gasteiger partial charge in [-0.2, -0.15) is 0 Å². The quantitative estimate of drug-likeness (QED) is 0.767. The van der Waals surface area contributed by atoms with Crippen LogP contribution in [0.3, 0.4) is 0 Å². The molecule has 27 heavy (non-hydrogen) atoms. The van der Waals surface area contributed by atoms with Crippen LogP contribution in [0, 0.1) is 0 Å². The van der Waals surface area contributed by atoms with Crippen molar-refractivity contribution in [3.05, 3.63) is 59.8 Å². The molecule has 1 saturated heterocycles. The number of piperidine rings is 1. The highest BCUT2D eigenvalue weighted by Gasteiger charge is 2.15. The lowest BCUT2D eigenvalue weighted by Gasteiger charge is -2.28. The Morgan fingerprint density at radius 3 is 2.48 bits per heavy atom. The minimum absolute atomic E-state index is 0. The third-order valence-electron chi connectivity index (χ3n) is 4.59. The maximum atomic E-state index is 12.2. The zero-order valence-corrected chi connectivity index (χ0v) is 17.0. The van der Waals surface area contributed by atoms with E-state index in [9.17, 15) is 4.79 Å². The summed E-state index contributed by atoms with van der Waals surface area (Å²) in [4.78, 5) is 19.0. The van der Waals surface area contributed by atoms with E-state index in [2.05, 4.69) is 21.3 Å². The van der Waals surface area contributed by atoms with Crippen LogP contribution in [0.1, 0.15) is 30.4 Å². The van der Waals surface area contributed by atoms with Gasteiger partial charge in [0, 0.05) is 25.8 Å². The molecule has 0 bridgehead atoms. The van der Waals surface area contributed by atoms with Gasteiger partial charge in [0.05, 0.1) is 6.04 Å². The maximum absolute atomic E-state index is 12.2. The van der Waals surface area contributed by atoms with Crippen LogP contribution in [0.2, 0.25) is 0 Å². The van der Waals surface area contributed by atoms with Gasteiger partial charge in [0.25, 0.3) is 0 Å². The second-order valence-corrected chi connectivity index (χ2v) is 6.58. The molecule has 1 aliphatic heterocycles. The van der Waals surface area contributed by atoms with Gasteiger partial charge in [-0.05, 0) is 48.9 Å². The summed E-state index contributed by atoms with van der Waals surface area (Å²) in [7, 11) is 0. The number of carbonyl (C=O) groups is 1. The molecule has 2 heterocycles. The lowest BCUT2D eigenvalue weighted by molar-refractivity contribution is -0.122. The number of nitrogens with two attached hydrogens (primary N) is 1. The van der Waals surface area contributed by atoms with Gasteiger partial charge in [-0.3, -0.25) is 4.79 Å². The Kier molecular flexibility index (Phi) is 10.1. The van der Waals surface area contributed by atoms with Crippen LogP contribution in [0.25, 0.3) is 0 Å². The van der Waals surface area contributed by atoms with Crippen LogP contribution in [0.5, 0.6) is 0 Å². The zero-order chi connectivity index (χ0) is 17.5. The second kappa shape index (κ2) is 11.8. The Morgan fingerprint density at radius 2 is 1.78 bits per heavy atom. The monoisotopic (exact) mass is 410 g/mol. The van der Waals surface area contributed by atoms with Gasteiger partial charge in [0.1, 0.15) is 5.82 Å². The molecule has 2 aromatic rings. The third kappa shape index (κ3) is 7.01. The number of nitrogens with zero attached hydrogens (tertiary/aromatic N) is 2. The highest BCUT2D eigenvalue weighted by atomic mass is 35.5. The maximum Gasteiger partial charge on any atom is 0.237 e. The number of carbonyl (C=O) groups excluding carboxylic acids is 1. The number of hydrogen-bond acceptors (Lipinski definition) is 4. The predicted octanol–water partition coefficient (Wildman–Crippen LogP) is 3.10. The van der Waals surface area contributed by atoms with Crippen LogP contribution >= 0.6 is 24.8 Å². The molecule has 5 nitrogen and oxygen atoms in total. The smallest absolute Gasteiger partial charge is 0.237 e. The van der Waals surface area contributed by atoms with Crippen LogP contribution in [0.4, 0.5) is 5.82 Å². The van der Waals surface area contributed by atoms with E-state index >= 15 is 0 Å². The number of amides is 1. The number of rotatable bonds is 6. The topological polar surface area (TPSA) is 71.2 Å². The van der Waals surface area contributed by atoms with Crippen molar-refractivity contribution in [1.82, 2.24) is 10.3 Å². The summed E-state index contributed by atoms with van der Waals surface area (Å²) >= 11 is 0. The largest absolute Gasteiger partial charge is 0.357 e. The standard InChI is InChI=1S/C20H26N4O.2ClH/c21-18(13-16-7-3-1-4-8-16)20(25)23-15-17-9-10-22-19(14-17)24-11-5-2-6-12-24;;/h1,3-4,7-10,14,18H,2,5-6,11-13,15,21H2,(H,23,25);2*1H. The Bertz CT molecular complexity index is 693. The number of hydrogen-bond donors (Lipinski definition) is 2. The fourth-order valence-corrected chi connectivity index (χ4v) is 3.15. The van der Waals surface area contributed by atoms with Gasteiger partial charge in [-0.15, -0.1) is 24.8 Å². The number of nitrogens with one attached hydrogen (secondary N) is 1. The fourth-order valence-electron chi connectivity index (χ4n) is 3.15. The molecule has 1 atom stereocenters. The van der Waals surface area contributed by atoms with Gasteiger partial charge >= 0.3 is 0 Å². The first kappa shape index (κ1) is 23.2. The first-order valence-corrected chi connectivity index (χ1v) is 8.99. The van der Waals surface area contributed by atoms with Crippen molar-refractivity contribution in [1.29, 1.82) is 0 Å². The average Bonchev–Trinajstić information content (AvgIpc) is 2.68. The Hall–Kier alpha value is -1.82. The predicted molar refractivity (Wildman–Crippen MR) is 115 cm³/mol. The number of halogens is 2. The summed E-state index contributed by atoms with van der Waals surface area (Å²) in [6.07, 6.45) is 6.09. The van der Waals surface area contributed by atoms with Gasteiger partial charge in [0.15, 0.2) is 0 Å². The molecule has 1 aliphatic rings.